The molecular weight excluding hydrogens is 305 g/mol. The normalized spacial score (nSPS) is 15.1. The van der Waals surface area contributed by atoms with E-state index in [4.69, 9.17) is 0 Å². The largest absolute Gasteiger partial charge is 0.299 e. The van der Waals surface area contributed by atoms with E-state index in [0.717, 1.165) is 38.3 Å². The van der Waals surface area contributed by atoms with Crippen LogP contribution in [0.5, 0.6) is 0 Å². The second-order valence-electron chi connectivity index (χ2n) is 5.89. The van der Waals surface area contributed by atoms with Gasteiger partial charge in [-0.25, -0.2) is 14.4 Å². The third kappa shape index (κ3) is 4.32. The molecule has 0 bridgehead atoms. The molecule has 24 heavy (non-hydrogen) atoms. The monoisotopic (exact) mass is 325 g/mol. The highest BCUT2D eigenvalue weighted by Gasteiger charge is 2.14. The molecule has 5 heteroatoms. The minimum atomic E-state index is -0.315. The Balaban J connectivity index is 1.44. The summed E-state index contributed by atoms with van der Waals surface area (Å²) in [4.78, 5) is 23.0. The van der Waals surface area contributed by atoms with Gasteiger partial charge in [-0.1, -0.05) is 6.08 Å². The van der Waals surface area contributed by atoms with Crippen molar-refractivity contribution < 1.29 is 9.18 Å². The van der Waals surface area contributed by atoms with Crippen LogP contribution in [0.25, 0.3) is 5.57 Å². The Morgan fingerprint density at radius 3 is 2.58 bits per heavy atom. The number of aromatic nitrogens is 2. The summed E-state index contributed by atoms with van der Waals surface area (Å²) in [6.45, 7) is 2.69. The number of nitrogens with zero attached hydrogens (tertiary/aromatic N) is 3. The van der Waals surface area contributed by atoms with Crippen molar-refractivity contribution in [3.63, 3.8) is 0 Å². The van der Waals surface area contributed by atoms with Gasteiger partial charge in [-0.3, -0.25) is 9.69 Å². The van der Waals surface area contributed by atoms with Crippen LogP contribution in [0.2, 0.25) is 0 Å². The Morgan fingerprint density at radius 1 is 1.17 bits per heavy atom. The molecule has 0 saturated carbocycles. The number of ketones is 1. The summed E-state index contributed by atoms with van der Waals surface area (Å²) in [6, 6.07) is 7.57. The molecule has 0 saturated heterocycles. The molecule has 1 aromatic heterocycles. The highest BCUT2D eigenvalue weighted by atomic mass is 19.1. The lowest BCUT2D eigenvalue weighted by Gasteiger charge is -2.25. The van der Waals surface area contributed by atoms with E-state index in [2.05, 4.69) is 20.9 Å². The number of hydrogen-bond donors (Lipinski definition) is 0. The summed E-state index contributed by atoms with van der Waals surface area (Å²) in [5, 5.41) is 0. The summed E-state index contributed by atoms with van der Waals surface area (Å²) in [7, 11) is 0. The molecule has 1 aliphatic rings. The summed E-state index contributed by atoms with van der Waals surface area (Å²) < 4.78 is 12.9. The zero-order valence-electron chi connectivity index (χ0n) is 13.5. The second kappa shape index (κ2) is 7.93. The van der Waals surface area contributed by atoms with Crippen molar-refractivity contribution in [1.82, 2.24) is 14.9 Å². The van der Waals surface area contributed by atoms with Crippen LogP contribution in [0.1, 0.15) is 35.4 Å². The summed E-state index contributed by atoms with van der Waals surface area (Å²) in [5.41, 5.74) is 1.77. The maximum Gasteiger partial charge on any atom is 0.162 e. The van der Waals surface area contributed by atoms with Crippen molar-refractivity contribution in [1.29, 1.82) is 0 Å². The summed E-state index contributed by atoms with van der Waals surface area (Å²) in [6.07, 6.45) is 7.91. The van der Waals surface area contributed by atoms with Gasteiger partial charge < -0.3 is 0 Å². The Labute approximate surface area is 141 Å². The minimum absolute atomic E-state index is 0.0703. The fourth-order valence-corrected chi connectivity index (χ4v) is 2.83. The molecular formula is C19H20FN3O. The summed E-state index contributed by atoms with van der Waals surface area (Å²) in [5.74, 6) is 0.564. The van der Waals surface area contributed by atoms with E-state index in [1.165, 1.54) is 17.7 Å². The van der Waals surface area contributed by atoms with Gasteiger partial charge in [0.15, 0.2) is 11.6 Å². The Hall–Kier alpha value is -2.40. The molecule has 0 fully saturated rings. The molecule has 1 aliphatic heterocycles. The van der Waals surface area contributed by atoms with Gasteiger partial charge in [-0.2, -0.15) is 0 Å². The Bertz CT molecular complexity index is 713. The standard InChI is InChI=1S/C19H20FN3O/c20-17-6-4-15(5-7-17)18(24)3-1-12-23-13-8-16(9-14-23)19-21-10-2-11-22-19/h2,4-8,10-11H,1,3,9,12-14H2. The molecule has 124 valence electrons. The Morgan fingerprint density at radius 2 is 1.92 bits per heavy atom. The number of carbonyl (C=O) groups is 1. The zero-order chi connectivity index (χ0) is 16.8. The van der Waals surface area contributed by atoms with Crippen LogP contribution in [0.3, 0.4) is 0 Å². The molecule has 0 amide bonds. The van der Waals surface area contributed by atoms with Crippen molar-refractivity contribution in [2.75, 3.05) is 19.6 Å². The van der Waals surface area contributed by atoms with Crippen LogP contribution >= 0.6 is 0 Å². The van der Waals surface area contributed by atoms with E-state index in [0.29, 0.717) is 12.0 Å². The first-order valence-corrected chi connectivity index (χ1v) is 8.20. The maximum atomic E-state index is 12.9. The third-order valence-electron chi connectivity index (χ3n) is 4.19. The quantitative estimate of drug-likeness (QED) is 0.764. The van der Waals surface area contributed by atoms with Crippen LogP contribution in [0.15, 0.2) is 48.8 Å². The van der Waals surface area contributed by atoms with Crippen molar-refractivity contribution in [2.45, 2.75) is 19.3 Å². The smallest absolute Gasteiger partial charge is 0.162 e. The van der Waals surface area contributed by atoms with Crippen LogP contribution in [0.4, 0.5) is 4.39 Å². The molecule has 3 rings (SSSR count). The first-order chi connectivity index (χ1) is 11.7. The Kier molecular flexibility index (Phi) is 5.43. The number of rotatable bonds is 6. The first-order valence-electron chi connectivity index (χ1n) is 8.20. The van der Waals surface area contributed by atoms with E-state index < -0.39 is 0 Å². The highest BCUT2D eigenvalue weighted by Crippen LogP contribution is 2.19. The van der Waals surface area contributed by atoms with Crippen LogP contribution < -0.4 is 0 Å². The molecule has 0 spiro atoms. The summed E-state index contributed by atoms with van der Waals surface area (Å²) >= 11 is 0. The predicted molar refractivity (Wildman–Crippen MR) is 91.0 cm³/mol. The lowest BCUT2D eigenvalue weighted by atomic mass is 10.0. The SMILES string of the molecule is O=C(CCCN1CC=C(c2ncccn2)CC1)c1ccc(F)cc1. The van der Waals surface area contributed by atoms with Crippen LogP contribution in [0, 0.1) is 5.82 Å². The topological polar surface area (TPSA) is 46.1 Å². The van der Waals surface area contributed by atoms with Gasteiger partial charge >= 0.3 is 0 Å². The molecule has 1 aromatic carbocycles. The zero-order valence-corrected chi connectivity index (χ0v) is 13.5. The third-order valence-corrected chi connectivity index (χ3v) is 4.19. The lowest BCUT2D eigenvalue weighted by molar-refractivity contribution is 0.0975. The minimum Gasteiger partial charge on any atom is -0.299 e. The van der Waals surface area contributed by atoms with Crippen LogP contribution in [-0.2, 0) is 0 Å². The van der Waals surface area contributed by atoms with Gasteiger partial charge in [0, 0.05) is 37.5 Å². The second-order valence-corrected chi connectivity index (χ2v) is 5.89. The molecule has 2 heterocycles. The van der Waals surface area contributed by atoms with E-state index in [9.17, 15) is 9.18 Å². The lowest BCUT2D eigenvalue weighted by Crippen LogP contribution is -2.30. The molecule has 0 N–H and O–H groups in total. The molecule has 0 aliphatic carbocycles. The fraction of sp³-hybridized carbons (Fsp3) is 0.316. The molecule has 4 nitrogen and oxygen atoms in total. The van der Waals surface area contributed by atoms with Gasteiger partial charge in [0.05, 0.1) is 0 Å². The number of carbonyl (C=O) groups excluding carboxylic acids is 1. The predicted octanol–water partition coefficient (Wildman–Crippen LogP) is 3.37. The number of hydrogen-bond acceptors (Lipinski definition) is 4. The average molecular weight is 325 g/mol. The molecule has 0 radical (unpaired) electrons. The van der Waals surface area contributed by atoms with E-state index >= 15 is 0 Å². The van der Waals surface area contributed by atoms with Gasteiger partial charge in [0.25, 0.3) is 0 Å². The average Bonchev–Trinajstić information content (AvgIpc) is 2.63. The van der Waals surface area contributed by atoms with Crippen molar-refractivity contribution >= 4 is 11.4 Å². The van der Waals surface area contributed by atoms with E-state index in [1.54, 1.807) is 24.5 Å². The van der Waals surface area contributed by atoms with E-state index in [1.807, 2.05) is 6.07 Å². The first kappa shape index (κ1) is 16.5. The number of Topliss-reactive ketones (excluding diaryl/α,β-unsaturated/α-hetero) is 1. The van der Waals surface area contributed by atoms with Crippen molar-refractivity contribution in [2.24, 2.45) is 0 Å². The highest BCUT2D eigenvalue weighted by molar-refractivity contribution is 5.95. The van der Waals surface area contributed by atoms with Crippen LogP contribution in [-0.4, -0.2) is 40.3 Å². The molecule has 2 aromatic rings. The number of halogens is 1. The van der Waals surface area contributed by atoms with Gasteiger partial charge in [-0.05, 0) is 55.3 Å². The van der Waals surface area contributed by atoms with Crippen molar-refractivity contribution in [3.8, 4) is 0 Å². The van der Waals surface area contributed by atoms with Crippen molar-refractivity contribution in [3.05, 3.63) is 66.0 Å². The number of benzene rings is 1. The van der Waals surface area contributed by atoms with Gasteiger partial charge in [0.1, 0.15) is 5.82 Å². The van der Waals surface area contributed by atoms with Gasteiger partial charge in [0.2, 0.25) is 0 Å². The maximum absolute atomic E-state index is 12.9. The van der Waals surface area contributed by atoms with E-state index in [-0.39, 0.29) is 11.6 Å². The fourth-order valence-electron chi connectivity index (χ4n) is 2.83. The molecule has 0 unspecified atom stereocenters. The van der Waals surface area contributed by atoms with Gasteiger partial charge in [-0.15, -0.1) is 0 Å². The molecule has 0 atom stereocenters.